The Morgan fingerprint density at radius 1 is 1.04 bits per heavy atom. The van der Waals surface area contributed by atoms with Crippen molar-refractivity contribution in [2.24, 2.45) is 0 Å². The summed E-state index contributed by atoms with van der Waals surface area (Å²) in [6, 6.07) is 9.13. The first-order valence-corrected chi connectivity index (χ1v) is 9.48. The van der Waals surface area contributed by atoms with E-state index in [0.29, 0.717) is 16.8 Å². The first kappa shape index (κ1) is 20.4. The average molecular weight is 391 g/mol. The van der Waals surface area contributed by atoms with Gasteiger partial charge in [-0.15, -0.1) is 0 Å². The molecule has 0 bridgehead atoms. The summed E-state index contributed by atoms with van der Waals surface area (Å²) in [4.78, 5) is 24.6. The van der Waals surface area contributed by atoms with Crippen LogP contribution in [0.5, 0.6) is 5.75 Å². The van der Waals surface area contributed by atoms with Crippen molar-refractivity contribution in [1.82, 2.24) is 10.0 Å². The minimum absolute atomic E-state index is 0.106. The fourth-order valence-electron chi connectivity index (χ4n) is 2.53. The fraction of sp³-hybridized carbons (Fsp3) is 0.222. The number of ether oxygens (including phenoxy) is 1. The number of hydrogen-bond donors (Lipinski definition) is 3. The van der Waals surface area contributed by atoms with Crippen LogP contribution in [0.15, 0.2) is 41.3 Å². The molecule has 0 fully saturated rings. The van der Waals surface area contributed by atoms with Crippen LogP contribution in [-0.4, -0.2) is 41.4 Å². The van der Waals surface area contributed by atoms with Gasteiger partial charge in [0, 0.05) is 12.6 Å². The van der Waals surface area contributed by atoms with Crippen molar-refractivity contribution in [2.45, 2.75) is 11.8 Å². The monoisotopic (exact) mass is 391 g/mol. The topological polar surface area (TPSA) is 114 Å². The molecule has 8 nitrogen and oxygen atoms in total. The van der Waals surface area contributed by atoms with Gasteiger partial charge in [-0.25, -0.2) is 13.1 Å². The van der Waals surface area contributed by atoms with Gasteiger partial charge < -0.3 is 15.4 Å². The summed E-state index contributed by atoms with van der Waals surface area (Å²) in [5.41, 5.74) is 1.47. The molecule has 0 saturated carbocycles. The summed E-state index contributed by atoms with van der Waals surface area (Å²) in [5, 5.41) is 5.19. The molecule has 27 heavy (non-hydrogen) atoms. The molecule has 3 N–H and O–H groups in total. The number of aryl methyl sites for hydroxylation is 1. The number of sulfonamides is 1. The normalized spacial score (nSPS) is 11.0. The van der Waals surface area contributed by atoms with Gasteiger partial charge in [0.1, 0.15) is 10.6 Å². The summed E-state index contributed by atoms with van der Waals surface area (Å²) >= 11 is 0. The highest BCUT2D eigenvalue weighted by Crippen LogP contribution is 2.26. The van der Waals surface area contributed by atoms with Gasteiger partial charge in [0.05, 0.1) is 18.4 Å². The summed E-state index contributed by atoms with van der Waals surface area (Å²) in [6.45, 7) is 1.76. The molecule has 9 heteroatoms. The van der Waals surface area contributed by atoms with Crippen molar-refractivity contribution < 1.29 is 22.7 Å². The van der Waals surface area contributed by atoms with Crippen LogP contribution >= 0.6 is 0 Å². The van der Waals surface area contributed by atoms with Gasteiger partial charge >= 0.3 is 0 Å². The zero-order valence-corrected chi connectivity index (χ0v) is 16.2. The summed E-state index contributed by atoms with van der Waals surface area (Å²) in [5.74, 6) is -0.778. The van der Waals surface area contributed by atoms with Gasteiger partial charge in [-0.1, -0.05) is 12.1 Å². The highest BCUT2D eigenvalue weighted by molar-refractivity contribution is 7.89. The standard InChI is InChI=1S/C18H21N3O5S/c1-11-6-5-7-13(16(11)18(23)19-2)21-17(22)12-8-9-14(26-4)15(10-12)27(24,25)20-3/h5-10,20H,1-4H3,(H,19,23)(H,21,22). The third kappa shape index (κ3) is 4.26. The van der Waals surface area contributed by atoms with Crippen LogP contribution in [-0.2, 0) is 10.0 Å². The Balaban J connectivity index is 2.45. The van der Waals surface area contributed by atoms with Gasteiger partial charge in [0.2, 0.25) is 10.0 Å². The highest BCUT2D eigenvalue weighted by Gasteiger charge is 2.21. The van der Waals surface area contributed by atoms with Crippen LogP contribution in [0.4, 0.5) is 5.69 Å². The van der Waals surface area contributed by atoms with Crippen molar-refractivity contribution in [2.75, 3.05) is 26.5 Å². The first-order chi connectivity index (χ1) is 12.7. The largest absolute Gasteiger partial charge is 0.495 e. The van der Waals surface area contributed by atoms with Crippen LogP contribution in [0.2, 0.25) is 0 Å². The summed E-state index contributed by atoms with van der Waals surface area (Å²) in [6.07, 6.45) is 0. The maximum absolute atomic E-state index is 12.7. The lowest BCUT2D eigenvalue weighted by molar-refractivity contribution is 0.0963. The van der Waals surface area contributed by atoms with E-state index in [1.165, 1.54) is 39.4 Å². The molecule has 2 amide bonds. The third-order valence-corrected chi connectivity index (χ3v) is 5.39. The van der Waals surface area contributed by atoms with E-state index in [9.17, 15) is 18.0 Å². The lowest BCUT2D eigenvalue weighted by atomic mass is 10.1. The SMILES string of the molecule is CNC(=O)c1c(C)cccc1NC(=O)c1ccc(OC)c(S(=O)(=O)NC)c1. The molecule has 0 saturated heterocycles. The van der Waals surface area contributed by atoms with Crippen molar-refractivity contribution in [3.63, 3.8) is 0 Å². The zero-order chi connectivity index (χ0) is 20.2. The number of hydrogen-bond acceptors (Lipinski definition) is 5. The predicted octanol–water partition coefficient (Wildman–Crippen LogP) is 1.52. The molecule has 0 heterocycles. The van der Waals surface area contributed by atoms with Crippen LogP contribution in [0.3, 0.4) is 0 Å². The number of carbonyl (C=O) groups is 2. The maximum Gasteiger partial charge on any atom is 0.255 e. The summed E-state index contributed by atoms with van der Waals surface area (Å²) in [7, 11) is 0.285. The molecule has 2 rings (SSSR count). The third-order valence-electron chi connectivity index (χ3n) is 3.96. The van der Waals surface area contributed by atoms with Crippen LogP contribution in [0.1, 0.15) is 26.3 Å². The Morgan fingerprint density at radius 3 is 2.33 bits per heavy atom. The minimum atomic E-state index is -3.82. The second-order valence-electron chi connectivity index (χ2n) is 5.60. The molecule has 0 atom stereocenters. The number of rotatable bonds is 6. The molecule has 0 aliphatic rings. The van der Waals surface area contributed by atoms with Gasteiger partial charge in [-0.3, -0.25) is 9.59 Å². The Hall–Kier alpha value is -2.91. The van der Waals surface area contributed by atoms with E-state index in [4.69, 9.17) is 4.74 Å². The van der Waals surface area contributed by atoms with Crippen LogP contribution in [0.25, 0.3) is 0 Å². The number of methoxy groups -OCH3 is 1. The number of benzene rings is 2. The van der Waals surface area contributed by atoms with E-state index in [1.54, 1.807) is 25.1 Å². The molecule has 2 aromatic rings. The van der Waals surface area contributed by atoms with E-state index in [2.05, 4.69) is 15.4 Å². The van der Waals surface area contributed by atoms with E-state index in [-0.39, 0.29) is 22.1 Å². The smallest absolute Gasteiger partial charge is 0.255 e. The van der Waals surface area contributed by atoms with Crippen LogP contribution in [0, 0.1) is 6.92 Å². The molecule has 0 radical (unpaired) electrons. The van der Waals surface area contributed by atoms with Crippen molar-refractivity contribution in [3.8, 4) is 5.75 Å². The summed E-state index contributed by atoms with van der Waals surface area (Å²) < 4.78 is 31.6. The molecule has 0 aliphatic carbocycles. The molecule has 0 unspecified atom stereocenters. The fourth-order valence-corrected chi connectivity index (χ4v) is 3.45. The molecule has 144 valence electrons. The lowest BCUT2D eigenvalue weighted by Crippen LogP contribution is -2.23. The Morgan fingerprint density at radius 2 is 1.74 bits per heavy atom. The highest BCUT2D eigenvalue weighted by atomic mass is 32.2. The quantitative estimate of drug-likeness (QED) is 0.691. The van der Waals surface area contributed by atoms with E-state index in [0.717, 1.165) is 0 Å². The molecular weight excluding hydrogens is 370 g/mol. The Kier molecular flexibility index (Phi) is 6.19. The average Bonchev–Trinajstić information content (AvgIpc) is 2.67. The Bertz CT molecular complexity index is 986. The van der Waals surface area contributed by atoms with Crippen molar-refractivity contribution in [1.29, 1.82) is 0 Å². The molecule has 0 aliphatic heterocycles. The van der Waals surface area contributed by atoms with Crippen LogP contribution < -0.4 is 20.1 Å². The zero-order valence-electron chi connectivity index (χ0n) is 15.4. The number of amides is 2. The molecule has 0 spiro atoms. The van der Waals surface area contributed by atoms with E-state index < -0.39 is 15.9 Å². The first-order valence-electron chi connectivity index (χ1n) is 7.99. The Labute approximate surface area is 158 Å². The minimum Gasteiger partial charge on any atom is -0.495 e. The van der Waals surface area contributed by atoms with Gasteiger partial charge in [0.15, 0.2) is 0 Å². The number of nitrogens with one attached hydrogen (secondary N) is 3. The van der Waals surface area contributed by atoms with Gasteiger partial charge in [0.25, 0.3) is 11.8 Å². The lowest BCUT2D eigenvalue weighted by Gasteiger charge is -2.14. The van der Waals surface area contributed by atoms with Gasteiger partial charge in [-0.05, 0) is 43.8 Å². The molecular formula is C18H21N3O5S. The maximum atomic E-state index is 12.7. The van der Waals surface area contributed by atoms with Gasteiger partial charge in [-0.2, -0.15) is 0 Å². The molecule has 0 aromatic heterocycles. The number of anilines is 1. The number of carbonyl (C=O) groups excluding carboxylic acids is 2. The second-order valence-corrected chi connectivity index (χ2v) is 7.46. The van der Waals surface area contributed by atoms with E-state index >= 15 is 0 Å². The second kappa shape index (κ2) is 8.19. The van der Waals surface area contributed by atoms with Crippen molar-refractivity contribution in [3.05, 3.63) is 53.1 Å². The van der Waals surface area contributed by atoms with Crippen molar-refractivity contribution >= 4 is 27.5 Å². The molecule has 2 aromatic carbocycles. The van der Waals surface area contributed by atoms with E-state index in [1.807, 2.05) is 0 Å². The predicted molar refractivity (Wildman–Crippen MR) is 102 cm³/mol.